The third kappa shape index (κ3) is 7.24. The van der Waals surface area contributed by atoms with Crippen LogP contribution in [0.15, 0.2) is 0 Å². The van der Waals surface area contributed by atoms with Gasteiger partial charge in [0.05, 0.1) is 13.2 Å². The average molecular weight is 181 g/mol. The van der Waals surface area contributed by atoms with E-state index in [1.165, 1.54) is 0 Å². The summed E-state index contributed by atoms with van der Waals surface area (Å²) < 4.78 is 0. The summed E-state index contributed by atoms with van der Waals surface area (Å²) in [5.41, 5.74) is 0. The van der Waals surface area contributed by atoms with Gasteiger partial charge < -0.3 is 32.8 Å². The van der Waals surface area contributed by atoms with Crippen molar-refractivity contribution in [3.63, 3.8) is 0 Å². The molecular weight excluding hydrogens is 170 g/mol. The second kappa shape index (κ2) is 10.1. The Labute approximate surface area is 87.6 Å². The Morgan fingerprint density at radius 1 is 0.900 bits per heavy atom. The maximum atomic E-state index is 8.47. The van der Waals surface area contributed by atoms with Gasteiger partial charge in [0.15, 0.2) is 0 Å². The van der Waals surface area contributed by atoms with Crippen molar-refractivity contribution in [2.24, 2.45) is 0 Å². The molecule has 0 aromatic heterocycles. The molecule has 4 N–H and O–H groups in total. The van der Waals surface area contributed by atoms with Crippen LogP contribution in [-0.2, 0) is 0 Å². The summed E-state index contributed by atoms with van der Waals surface area (Å²) in [5, 5.41) is 33.2. The predicted octanol–water partition coefficient (Wildman–Crippen LogP) is -8.30. The van der Waals surface area contributed by atoms with Gasteiger partial charge in [0.2, 0.25) is 0 Å². The van der Waals surface area contributed by atoms with Crippen molar-refractivity contribution in [3.05, 3.63) is 0 Å². The molecule has 0 fully saturated rings. The topological polar surface area (TPSA) is 80.9 Å². The molecule has 0 aromatic carbocycles. The van der Waals surface area contributed by atoms with Gasteiger partial charge in [0.1, 0.15) is 12.2 Å². The first-order valence-electron chi connectivity index (χ1n) is 2.30. The van der Waals surface area contributed by atoms with Gasteiger partial charge in [-0.2, -0.15) is 0 Å². The smallest absolute Gasteiger partial charge is 1.00 e. The maximum absolute atomic E-state index is 8.47. The predicted molar refractivity (Wildman–Crippen MR) is 26.2 cm³/mol. The van der Waals surface area contributed by atoms with E-state index in [-0.39, 0.29) is 42.0 Å². The van der Waals surface area contributed by atoms with Crippen LogP contribution < -0.4 is 42.0 Å². The Morgan fingerprint density at radius 2 is 1.10 bits per heavy atom. The molecule has 0 radical (unpaired) electrons. The molecular formula is C4H10ClNaO4. The Balaban J connectivity index is -0.000000245. The molecule has 0 rings (SSSR count). The summed E-state index contributed by atoms with van der Waals surface area (Å²) in [6.45, 7) is -1.05. The fraction of sp³-hybridized carbons (Fsp3) is 1.00. The van der Waals surface area contributed by atoms with E-state index in [9.17, 15) is 0 Å². The van der Waals surface area contributed by atoms with Crippen molar-refractivity contribution in [3.8, 4) is 0 Å². The van der Waals surface area contributed by atoms with Gasteiger partial charge in [0, 0.05) is 0 Å². The number of aliphatic hydroxyl groups excluding tert-OH is 4. The third-order valence-electron chi connectivity index (χ3n) is 0.818. The van der Waals surface area contributed by atoms with E-state index in [0.29, 0.717) is 0 Å². The summed E-state index contributed by atoms with van der Waals surface area (Å²) in [7, 11) is 0. The zero-order chi connectivity index (χ0) is 6.57. The fourth-order valence-electron chi connectivity index (χ4n) is 0.243. The van der Waals surface area contributed by atoms with Crippen molar-refractivity contribution in [1.29, 1.82) is 0 Å². The minimum Gasteiger partial charge on any atom is -1.00 e. The van der Waals surface area contributed by atoms with E-state index in [2.05, 4.69) is 0 Å². The first-order chi connectivity index (χ1) is 3.72. The molecule has 0 aliphatic heterocycles. The summed E-state index contributed by atoms with van der Waals surface area (Å²) >= 11 is 0. The van der Waals surface area contributed by atoms with E-state index in [1.54, 1.807) is 0 Å². The molecule has 0 saturated carbocycles. The van der Waals surface area contributed by atoms with Crippen LogP contribution in [0.2, 0.25) is 0 Å². The van der Waals surface area contributed by atoms with Crippen LogP contribution in [0, 0.1) is 0 Å². The van der Waals surface area contributed by atoms with Crippen molar-refractivity contribution >= 4 is 0 Å². The number of rotatable bonds is 3. The second-order valence-electron chi connectivity index (χ2n) is 1.50. The van der Waals surface area contributed by atoms with Gasteiger partial charge in [0.25, 0.3) is 0 Å². The van der Waals surface area contributed by atoms with Crippen LogP contribution in [0.5, 0.6) is 0 Å². The molecule has 0 saturated heterocycles. The summed E-state index contributed by atoms with van der Waals surface area (Å²) in [5.74, 6) is 0. The van der Waals surface area contributed by atoms with E-state index >= 15 is 0 Å². The standard InChI is InChI=1S/C4H10O4.ClH.Na/c5-1-3(7)4(8)2-6;;/h3-8H,1-2H2;1H;/q;;+1/p-1/t3-,4+;;. The molecule has 0 aliphatic rings. The second-order valence-corrected chi connectivity index (χ2v) is 1.50. The van der Waals surface area contributed by atoms with Gasteiger partial charge in [-0.25, -0.2) is 0 Å². The van der Waals surface area contributed by atoms with E-state index < -0.39 is 25.4 Å². The monoisotopic (exact) mass is 180 g/mol. The molecule has 0 aromatic rings. The molecule has 0 amide bonds. The van der Waals surface area contributed by atoms with Crippen molar-refractivity contribution in [2.45, 2.75) is 12.2 Å². The molecule has 0 bridgehead atoms. The Hall–Kier alpha value is 1.13. The van der Waals surface area contributed by atoms with Crippen LogP contribution in [0.3, 0.4) is 0 Å². The summed E-state index contributed by atoms with van der Waals surface area (Å²) in [6, 6.07) is 0. The van der Waals surface area contributed by atoms with Crippen LogP contribution in [0.1, 0.15) is 0 Å². The van der Waals surface area contributed by atoms with Crippen LogP contribution in [0.25, 0.3) is 0 Å². The van der Waals surface area contributed by atoms with Gasteiger partial charge >= 0.3 is 29.6 Å². The Morgan fingerprint density at radius 3 is 1.20 bits per heavy atom. The minimum absolute atomic E-state index is 0. The molecule has 6 heteroatoms. The molecule has 0 unspecified atom stereocenters. The largest absolute Gasteiger partial charge is 1.00 e. The molecule has 4 nitrogen and oxygen atoms in total. The summed E-state index contributed by atoms with van der Waals surface area (Å²) in [4.78, 5) is 0. The van der Waals surface area contributed by atoms with Gasteiger partial charge in [-0.3, -0.25) is 0 Å². The molecule has 10 heavy (non-hydrogen) atoms. The maximum Gasteiger partial charge on any atom is 1.00 e. The Kier molecular flexibility index (Phi) is 17.5. The number of hydrogen-bond acceptors (Lipinski definition) is 4. The number of halogens is 1. The van der Waals surface area contributed by atoms with Crippen LogP contribution >= 0.6 is 0 Å². The van der Waals surface area contributed by atoms with Crippen molar-refractivity contribution in [2.75, 3.05) is 13.2 Å². The third-order valence-corrected chi connectivity index (χ3v) is 0.818. The van der Waals surface area contributed by atoms with Crippen molar-refractivity contribution in [1.82, 2.24) is 0 Å². The van der Waals surface area contributed by atoms with Crippen molar-refractivity contribution < 1.29 is 62.4 Å². The molecule has 0 spiro atoms. The van der Waals surface area contributed by atoms with E-state index in [0.717, 1.165) is 0 Å². The number of hydrogen-bond donors (Lipinski definition) is 4. The zero-order valence-corrected chi connectivity index (χ0v) is 8.49. The minimum atomic E-state index is -1.22. The van der Waals surface area contributed by atoms with Gasteiger partial charge in [-0.15, -0.1) is 0 Å². The first-order valence-corrected chi connectivity index (χ1v) is 2.30. The van der Waals surface area contributed by atoms with Crippen LogP contribution in [-0.4, -0.2) is 45.8 Å². The van der Waals surface area contributed by atoms with Gasteiger partial charge in [-0.1, -0.05) is 0 Å². The average Bonchev–Trinajstić information content (AvgIpc) is 1.84. The van der Waals surface area contributed by atoms with E-state index in [1.807, 2.05) is 0 Å². The van der Waals surface area contributed by atoms with Crippen LogP contribution in [0.4, 0.5) is 0 Å². The molecule has 58 valence electrons. The molecule has 0 aliphatic carbocycles. The Bertz CT molecular complexity index is 57.2. The summed E-state index contributed by atoms with van der Waals surface area (Å²) in [6.07, 6.45) is -2.44. The molecule has 2 atom stereocenters. The number of aliphatic hydroxyl groups is 4. The van der Waals surface area contributed by atoms with E-state index in [4.69, 9.17) is 20.4 Å². The SMILES string of the molecule is OC[C@@H](O)[C@@H](O)CO.[Cl-].[Na+]. The zero-order valence-electron chi connectivity index (χ0n) is 5.74. The normalized spacial score (nSPS) is 14.4. The van der Waals surface area contributed by atoms with Gasteiger partial charge in [-0.05, 0) is 0 Å². The quantitative estimate of drug-likeness (QED) is 0.325. The molecule has 0 heterocycles. The first kappa shape index (κ1) is 17.3. The fourth-order valence-corrected chi connectivity index (χ4v) is 0.243.